The lowest BCUT2D eigenvalue weighted by molar-refractivity contribution is -0.790. The van der Waals surface area contributed by atoms with E-state index in [4.69, 9.17) is 9.47 Å². The number of likely N-dealkylation sites (tertiary alicyclic amines) is 1. The highest BCUT2D eigenvalue weighted by atomic mass is 17.0. The summed E-state index contributed by atoms with van der Waals surface area (Å²) in [5.74, 6) is -2.06. The fraction of sp³-hybridized carbons (Fsp3) is 0.675. The van der Waals surface area contributed by atoms with Crippen LogP contribution in [0, 0.1) is 25.6 Å². The summed E-state index contributed by atoms with van der Waals surface area (Å²) in [6, 6.07) is 3.10. The third-order valence-electron chi connectivity index (χ3n) is 10.3. The second kappa shape index (κ2) is 23.2. The topological polar surface area (TPSA) is 253 Å². The fourth-order valence-electron chi connectivity index (χ4n) is 7.34. The standard InChI is InChI=1S/C40H61N7O13/c1-8-9-19-31(37(50)58-21-13-12-17-29(60-47(55)56)25-59-46(53)54)41-35(48)32(22-28-24-44(39(52)57-7)34-20-11-10-18-30(28)34)42-36(49)33(23-40(4,5)6)43-38(51)45-26(2)15-14-16-27(45)3/h10-11,18,20,24,26-27,29,31-33H,8-9,12-17,19,21-23,25H2,1-7H3,(H,41,48)(H,42,49)(H,43,51). The number of fused-ring (bicyclic) bond motifs is 1. The molecule has 3 rings (SSSR count). The van der Waals surface area contributed by atoms with Crippen molar-refractivity contribution in [3.05, 3.63) is 56.3 Å². The molecule has 334 valence electrons. The number of aromatic nitrogens is 1. The van der Waals surface area contributed by atoms with Gasteiger partial charge in [0.1, 0.15) is 30.8 Å². The number of amides is 4. The number of rotatable bonds is 22. The van der Waals surface area contributed by atoms with Gasteiger partial charge in [-0.1, -0.05) is 58.7 Å². The van der Waals surface area contributed by atoms with Crippen LogP contribution in [0.3, 0.4) is 0 Å². The molecule has 0 saturated carbocycles. The second-order valence-corrected chi connectivity index (χ2v) is 16.4. The molecule has 0 spiro atoms. The summed E-state index contributed by atoms with van der Waals surface area (Å²) in [5.41, 5.74) is 0.621. The van der Waals surface area contributed by atoms with Gasteiger partial charge in [-0.15, -0.1) is 20.2 Å². The van der Waals surface area contributed by atoms with E-state index in [-0.39, 0.29) is 63.2 Å². The minimum atomic E-state index is -1.29. The van der Waals surface area contributed by atoms with Crippen molar-refractivity contribution in [2.24, 2.45) is 5.41 Å². The Kier molecular flexibility index (Phi) is 18.8. The number of hydrogen-bond acceptors (Lipinski definition) is 13. The smallest absolute Gasteiger partial charge is 0.418 e. The number of unbranched alkanes of at least 4 members (excludes halogenated alkanes) is 2. The number of piperidine rings is 1. The lowest BCUT2D eigenvalue weighted by Gasteiger charge is -2.40. The molecule has 1 aromatic heterocycles. The summed E-state index contributed by atoms with van der Waals surface area (Å²) < 4.78 is 11.8. The number of urea groups is 1. The van der Waals surface area contributed by atoms with Crippen LogP contribution in [0.15, 0.2) is 30.5 Å². The molecule has 1 aliphatic rings. The van der Waals surface area contributed by atoms with Crippen LogP contribution in [0.4, 0.5) is 9.59 Å². The zero-order chi connectivity index (χ0) is 44.6. The number of para-hydroxylation sites is 1. The quantitative estimate of drug-likeness (QED) is 0.0595. The Hall–Kier alpha value is -5.69. The predicted molar refractivity (Wildman–Crippen MR) is 217 cm³/mol. The monoisotopic (exact) mass is 847 g/mol. The molecule has 0 radical (unpaired) electrons. The van der Waals surface area contributed by atoms with Gasteiger partial charge in [0.25, 0.3) is 10.2 Å². The molecule has 20 nitrogen and oxygen atoms in total. The molecule has 1 fully saturated rings. The third-order valence-corrected chi connectivity index (χ3v) is 10.3. The van der Waals surface area contributed by atoms with Crippen molar-refractivity contribution < 1.29 is 53.3 Å². The lowest BCUT2D eigenvalue weighted by Crippen LogP contribution is -2.60. The summed E-state index contributed by atoms with van der Waals surface area (Å²) in [7, 11) is 1.24. The molecule has 20 heteroatoms. The Morgan fingerprint density at radius 3 is 2.15 bits per heavy atom. The van der Waals surface area contributed by atoms with Gasteiger partial charge < -0.3 is 40.0 Å². The first kappa shape index (κ1) is 48.7. The summed E-state index contributed by atoms with van der Waals surface area (Å²) in [6.45, 7) is 10.9. The average Bonchev–Trinajstić information content (AvgIpc) is 3.54. The summed E-state index contributed by atoms with van der Waals surface area (Å²) in [4.78, 5) is 100. The Bertz CT molecular complexity index is 1790. The predicted octanol–water partition coefficient (Wildman–Crippen LogP) is 5.23. The number of methoxy groups -OCH3 is 1. The second-order valence-electron chi connectivity index (χ2n) is 16.4. The summed E-state index contributed by atoms with van der Waals surface area (Å²) in [5, 5.41) is 28.4. The van der Waals surface area contributed by atoms with Crippen LogP contribution in [0.5, 0.6) is 0 Å². The molecule has 4 amide bonds. The van der Waals surface area contributed by atoms with Crippen molar-refractivity contribution in [1.29, 1.82) is 0 Å². The van der Waals surface area contributed by atoms with Gasteiger partial charge in [0.2, 0.25) is 11.8 Å². The van der Waals surface area contributed by atoms with Crippen molar-refractivity contribution in [1.82, 2.24) is 25.4 Å². The van der Waals surface area contributed by atoms with E-state index in [2.05, 4.69) is 25.6 Å². The van der Waals surface area contributed by atoms with Gasteiger partial charge in [0.05, 0.1) is 19.2 Å². The number of hydrogen-bond donors (Lipinski definition) is 3. The SMILES string of the molecule is CCCCC(NC(=O)C(Cc1cn(C(=O)OC)c2ccccc12)NC(=O)C(CC(C)(C)C)NC(=O)N1C(C)CCCC1C)C(=O)OCCCCC(CO[N+](=O)[O-])O[N+](=O)[O-]. The largest absolute Gasteiger partial charge is 0.464 e. The number of esters is 1. The molecular formula is C40H61N7O13. The van der Waals surface area contributed by atoms with Crippen LogP contribution >= 0.6 is 0 Å². The number of nitrogens with zero attached hydrogens (tertiary/aromatic N) is 4. The Labute approximate surface area is 349 Å². The first-order valence-electron chi connectivity index (χ1n) is 20.5. The Morgan fingerprint density at radius 1 is 0.883 bits per heavy atom. The highest BCUT2D eigenvalue weighted by molar-refractivity contribution is 5.95. The first-order valence-corrected chi connectivity index (χ1v) is 20.5. The van der Waals surface area contributed by atoms with E-state index in [1.165, 1.54) is 17.9 Å². The fourth-order valence-corrected chi connectivity index (χ4v) is 7.34. The van der Waals surface area contributed by atoms with Gasteiger partial charge in [-0.25, -0.2) is 14.4 Å². The van der Waals surface area contributed by atoms with Gasteiger partial charge in [-0.3, -0.25) is 14.2 Å². The summed E-state index contributed by atoms with van der Waals surface area (Å²) in [6.07, 6.45) is 4.31. The minimum Gasteiger partial charge on any atom is -0.464 e. The number of carbonyl (C=O) groups is 5. The molecule has 1 aliphatic heterocycles. The molecule has 60 heavy (non-hydrogen) atoms. The van der Waals surface area contributed by atoms with Gasteiger partial charge in [0, 0.05) is 30.1 Å². The molecular weight excluding hydrogens is 786 g/mol. The van der Waals surface area contributed by atoms with E-state index in [1.807, 2.05) is 41.5 Å². The van der Waals surface area contributed by atoms with Crippen LogP contribution in [0.25, 0.3) is 10.9 Å². The number of nitrogens with one attached hydrogen (secondary N) is 3. The maximum absolute atomic E-state index is 14.3. The maximum atomic E-state index is 14.3. The number of carbonyl (C=O) groups excluding carboxylic acids is 5. The summed E-state index contributed by atoms with van der Waals surface area (Å²) >= 11 is 0. The molecule has 6 unspecified atom stereocenters. The van der Waals surface area contributed by atoms with Crippen molar-refractivity contribution in [2.75, 3.05) is 20.3 Å². The van der Waals surface area contributed by atoms with Gasteiger partial charge >= 0.3 is 18.1 Å². The van der Waals surface area contributed by atoms with Crippen molar-refractivity contribution in [2.45, 2.75) is 148 Å². The highest BCUT2D eigenvalue weighted by Gasteiger charge is 2.36. The number of benzene rings is 1. The number of ether oxygens (including phenoxy) is 2. The minimum absolute atomic E-state index is 0.00286. The molecule has 2 aromatic rings. The lowest BCUT2D eigenvalue weighted by atomic mass is 9.87. The van der Waals surface area contributed by atoms with E-state index in [1.54, 1.807) is 29.2 Å². The van der Waals surface area contributed by atoms with Crippen LogP contribution in [-0.4, -0.2) is 106 Å². The molecule has 1 saturated heterocycles. The van der Waals surface area contributed by atoms with E-state index in [0.717, 1.165) is 19.3 Å². The first-order chi connectivity index (χ1) is 28.3. The van der Waals surface area contributed by atoms with Crippen LogP contribution in [0.2, 0.25) is 0 Å². The van der Waals surface area contributed by atoms with Crippen molar-refractivity contribution in [3.8, 4) is 0 Å². The molecule has 0 aliphatic carbocycles. The maximum Gasteiger partial charge on any atom is 0.418 e. The molecule has 1 aromatic carbocycles. The van der Waals surface area contributed by atoms with E-state index in [9.17, 15) is 44.2 Å². The van der Waals surface area contributed by atoms with Gasteiger partial charge in [-0.05, 0) is 82.3 Å². The molecule has 0 bridgehead atoms. The average molecular weight is 848 g/mol. The Morgan fingerprint density at radius 2 is 1.53 bits per heavy atom. The van der Waals surface area contributed by atoms with Crippen molar-refractivity contribution >= 4 is 40.8 Å². The normalized spacial score (nSPS) is 17.4. The molecule has 2 heterocycles. The highest BCUT2D eigenvalue weighted by Crippen LogP contribution is 2.26. The van der Waals surface area contributed by atoms with E-state index >= 15 is 0 Å². The van der Waals surface area contributed by atoms with Gasteiger partial charge in [0.15, 0.2) is 0 Å². The van der Waals surface area contributed by atoms with Crippen molar-refractivity contribution in [3.63, 3.8) is 0 Å². The van der Waals surface area contributed by atoms with E-state index < -0.39 is 70.3 Å². The zero-order valence-electron chi connectivity index (χ0n) is 35.6. The van der Waals surface area contributed by atoms with Crippen LogP contribution < -0.4 is 16.0 Å². The molecule has 3 N–H and O–H groups in total. The van der Waals surface area contributed by atoms with Crippen LogP contribution in [-0.2, 0) is 40.0 Å². The van der Waals surface area contributed by atoms with Crippen LogP contribution in [0.1, 0.15) is 111 Å². The zero-order valence-corrected chi connectivity index (χ0v) is 35.6. The van der Waals surface area contributed by atoms with Gasteiger partial charge in [-0.2, -0.15) is 0 Å². The third kappa shape index (κ3) is 15.2. The molecule has 6 atom stereocenters. The van der Waals surface area contributed by atoms with E-state index in [0.29, 0.717) is 29.3 Å². The Balaban J connectivity index is 1.88.